The summed E-state index contributed by atoms with van der Waals surface area (Å²) in [5.74, 6) is -0.746. The van der Waals surface area contributed by atoms with Crippen LogP contribution in [0.5, 0.6) is 0 Å². The van der Waals surface area contributed by atoms with E-state index in [9.17, 15) is 14.4 Å². The van der Waals surface area contributed by atoms with Crippen LogP contribution in [0.4, 0.5) is 5.69 Å². The van der Waals surface area contributed by atoms with E-state index in [1.807, 2.05) is 36.4 Å². The van der Waals surface area contributed by atoms with Crippen LogP contribution in [0.15, 0.2) is 84.9 Å². The van der Waals surface area contributed by atoms with Crippen molar-refractivity contribution in [3.8, 4) is 0 Å². The van der Waals surface area contributed by atoms with Gasteiger partial charge in [0.1, 0.15) is 6.04 Å². The predicted molar refractivity (Wildman–Crippen MR) is 123 cm³/mol. The van der Waals surface area contributed by atoms with Crippen LogP contribution in [0.25, 0.3) is 0 Å². The van der Waals surface area contributed by atoms with Gasteiger partial charge in [-0.2, -0.15) is 0 Å². The van der Waals surface area contributed by atoms with E-state index < -0.39 is 6.04 Å². The molecule has 1 aliphatic carbocycles. The molecular formula is C26H25N3O3. The number of carbonyl (C=O) groups is 3. The second-order valence-electron chi connectivity index (χ2n) is 7.90. The third-order valence-electron chi connectivity index (χ3n) is 5.27. The normalized spacial score (nSPS) is 13.6. The van der Waals surface area contributed by atoms with E-state index in [-0.39, 0.29) is 23.8 Å². The van der Waals surface area contributed by atoms with Gasteiger partial charge in [0, 0.05) is 29.3 Å². The summed E-state index contributed by atoms with van der Waals surface area (Å²) in [5.41, 5.74) is 2.54. The third-order valence-corrected chi connectivity index (χ3v) is 5.27. The van der Waals surface area contributed by atoms with E-state index >= 15 is 0 Å². The molecule has 0 aromatic heterocycles. The van der Waals surface area contributed by atoms with Crippen molar-refractivity contribution in [2.24, 2.45) is 0 Å². The first-order valence-electron chi connectivity index (χ1n) is 10.7. The van der Waals surface area contributed by atoms with Crippen LogP contribution in [0, 0.1) is 0 Å². The van der Waals surface area contributed by atoms with Crippen molar-refractivity contribution in [1.29, 1.82) is 0 Å². The molecule has 0 radical (unpaired) electrons. The lowest BCUT2D eigenvalue weighted by molar-refractivity contribution is -0.118. The molecule has 6 heteroatoms. The quantitative estimate of drug-likeness (QED) is 0.514. The molecule has 1 aliphatic rings. The first-order valence-corrected chi connectivity index (χ1v) is 10.7. The molecule has 1 saturated carbocycles. The molecule has 3 amide bonds. The van der Waals surface area contributed by atoms with Crippen molar-refractivity contribution in [1.82, 2.24) is 10.6 Å². The molecule has 0 aliphatic heterocycles. The number of amides is 3. The highest BCUT2D eigenvalue weighted by atomic mass is 16.2. The zero-order valence-corrected chi connectivity index (χ0v) is 17.6. The largest absolute Gasteiger partial charge is 0.349 e. The van der Waals surface area contributed by atoms with Crippen LogP contribution in [0.1, 0.15) is 39.1 Å². The van der Waals surface area contributed by atoms with E-state index in [4.69, 9.17) is 0 Å². The maximum Gasteiger partial charge on any atom is 0.251 e. The molecule has 0 spiro atoms. The highest BCUT2D eigenvalue weighted by molar-refractivity contribution is 6.01. The number of anilines is 1. The van der Waals surface area contributed by atoms with Crippen LogP contribution in [-0.2, 0) is 11.2 Å². The molecule has 162 valence electrons. The maximum absolute atomic E-state index is 13.1. The molecule has 0 saturated heterocycles. The van der Waals surface area contributed by atoms with E-state index in [0.717, 1.165) is 18.4 Å². The molecule has 0 heterocycles. The average molecular weight is 428 g/mol. The Morgan fingerprint density at radius 3 is 1.97 bits per heavy atom. The molecule has 1 unspecified atom stereocenters. The molecule has 3 aromatic rings. The van der Waals surface area contributed by atoms with Crippen LogP contribution in [0.2, 0.25) is 0 Å². The molecule has 32 heavy (non-hydrogen) atoms. The number of hydrogen-bond donors (Lipinski definition) is 3. The Morgan fingerprint density at radius 1 is 0.750 bits per heavy atom. The van der Waals surface area contributed by atoms with Crippen LogP contribution >= 0.6 is 0 Å². The van der Waals surface area contributed by atoms with Gasteiger partial charge in [0.25, 0.3) is 11.8 Å². The van der Waals surface area contributed by atoms with Crippen LogP contribution in [0.3, 0.4) is 0 Å². The minimum atomic E-state index is -0.761. The molecule has 6 nitrogen and oxygen atoms in total. The SMILES string of the molecule is O=C(NC1CC1)c1ccc(NC(=O)C(Cc2ccccc2)NC(=O)c2ccccc2)cc1. The number of benzene rings is 3. The van der Waals surface area contributed by atoms with Gasteiger partial charge in [-0.3, -0.25) is 14.4 Å². The van der Waals surface area contributed by atoms with Crippen molar-refractivity contribution >= 4 is 23.4 Å². The topological polar surface area (TPSA) is 87.3 Å². The molecular weight excluding hydrogens is 402 g/mol. The van der Waals surface area contributed by atoms with Gasteiger partial charge < -0.3 is 16.0 Å². The first kappa shape index (κ1) is 21.3. The summed E-state index contributed by atoms with van der Waals surface area (Å²) < 4.78 is 0. The van der Waals surface area contributed by atoms with E-state index in [1.165, 1.54) is 0 Å². The molecule has 3 N–H and O–H groups in total. The molecule has 1 fully saturated rings. The molecule has 0 bridgehead atoms. The predicted octanol–water partition coefficient (Wildman–Crippen LogP) is 3.56. The van der Waals surface area contributed by atoms with Gasteiger partial charge in [0.15, 0.2) is 0 Å². The Balaban J connectivity index is 1.45. The fourth-order valence-corrected chi connectivity index (χ4v) is 3.32. The van der Waals surface area contributed by atoms with Crippen molar-refractivity contribution in [2.45, 2.75) is 31.3 Å². The Hall–Kier alpha value is -3.93. The van der Waals surface area contributed by atoms with Gasteiger partial charge in [-0.1, -0.05) is 48.5 Å². The first-order chi connectivity index (χ1) is 15.6. The second kappa shape index (κ2) is 9.92. The fraction of sp³-hybridized carbons (Fsp3) is 0.192. The monoisotopic (exact) mass is 427 g/mol. The summed E-state index contributed by atoms with van der Waals surface area (Å²) in [6.07, 6.45) is 2.40. The Bertz CT molecular complexity index is 1080. The maximum atomic E-state index is 13.1. The van der Waals surface area contributed by atoms with Gasteiger partial charge in [0.05, 0.1) is 0 Å². The van der Waals surface area contributed by atoms with Gasteiger partial charge in [-0.25, -0.2) is 0 Å². The van der Waals surface area contributed by atoms with E-state index in [0.29, 0.717) is 23.2 Å². The Labute approximate surface area is 187 Å². The lowest BCUT2D eigenvalue weighted by Gasteiger charge is -2.19. The minimum Gasteiger partial charge on any atom is -0.349 e. The number of rotatable bonds is 8. The van der Waals surface area contributed by atoms with Crippen molar-refractivity contribution in [3.63, 3.8) is 0 Å². The summed E-state index contributed by atoms with van der Waals surface area (Å²) in [6, 6.07) is 24.6. The van der Waals surface area contributed by atoms with Crippen molar-refractivity contribution in [3.05, 3.63) is 102 Å². The van der Waals surface area contributed by atoms with E-state index in [1.54, 1.807) is 48.5 Å². The number of hydrogen-bond acceptors (Lipinski definition) is 3. The summed E-state index contributed by atoms with van der Waals surface area (Å²) >= 11 is 0. The summed E-state index contributed by atoms with van der Waals surface area (Å²) in [4.78, 5) is 37.9. The Morgan fingerprint density at radius 2 is 1.34 bits per heavy atom. The molecule has 4 rings (SSSR count). The minimum absolute atomic E-state index is 0.109. The number of carbonyl (C=O) groups excluding carboxylic acids is 3. The van der Waals surface area contributed by atoms with Crippen LogP contribution in [-0.4, -0.2) is 29.8 Å². The fourth-order valence-electron chi connectivity index (χ4n) is 3.32. The van der Waals surface area contributed by atoms with Crippen molar-refractivity contribution in [2.75, 3.05) is 5.32 Å². The van der Waals surface area contributed by atoms with Crippen molar-refractivity contribution < 1.29 is 14.4 Å². The van der Waals surface area contributed by atoms with Gasteiger partial charge >= 0.3 is 0 Å². The summed E-state index contributed by atoms with van der Waals surface area (Å²) in [5, 5.41) is 8.64. The Kier molecular flexibility index (Phi) is 6.60. The van der Waals surface area contributed by atoms with Gasteiger partial charge in [0.2, 0.25) is 5.91 Å². The highest BCUT2D eigenvalue weighted by Crippen LogP contribution is 2.20. The second-order valence-corrected chi connectivity index (χ2v) is 7.90. The zero-order chi connectivity index (χ0) is 22.3. The van der Waals surface area contributed by atoms with Gasteiger partial charge in [-0.15, -0.1) is 0 Å². The van der Waals surface area contributed by atoms with Gasteiger partial charge in [-0.05, 0) is 54.8 Å². The lowest BCUT2D eigenvalue weighted by Crippen LogP contribution is -2.45. The molecule has 1 atom stereocenters. The highest BCUT2D eigenvalue weighted by Gasteiger charge is 2.24. The summed E-state index contributed by atoms with van der Waals surface area (Å²) in [6.45, 7) is 0. The lowest BCUT2D eigenvalue weighted by atomic mass is 10.0. The standard InChI is InChI=1S/C26H25N3O3/c30-24(27-22-15-16-22)20-11-13-21(14-12-20)28-26(32)23(17-18-7-3-1-4-8-18)29-25(31)19-9-5-2-6-10-19/h1-14,22-23H,15-17H2,(H,27,30)(H,28,32)(H,29,31). The third kappa shape index (κ3) is 5.82. The number of nitrogens with one attached hydrogen (secondary N) is 3. The van der Waals surface area contributed by atoms with E-state index in [2.05, 4.69) is 16.0 Å². The smallest absolute Gasteiger partial charge is 0.251 e. The molecule has 3 aromatic carbocycles. The zero-order valence-electron chi connectivity index (χ0n) is 17.6. The summed E-state index contributed by atoms with van der Waals surface area (Å²) in [7, 11) is 0. The van der Waals surface area contributed by atoms with Crippen LogP contribution < -0.4 is 16.0 Å². The average Bonchev–Trinajstić information content (AvgIpc) is 3.64.